The molecule has 0 saturated carbocycles. The Labute approximate surface area is 95.6 Å². The van der Waals surface area contributed by atoms with Crippen molar-refractivity contribution in [3.63, 3.8) is 0 Å². The van der Waals surface area contributed by atoms with Gasteiger partial charge in [0.1, 0.15) is 5.75 Å². The van der Waals surface area contributed by atoms with E-state index in [1.807, 2.05) is 13.0 Å². The molecule has 88 valence electrons. The van der Waals surface area contributed by atoms with Crippen molar-refractivity contribution in [1.82, 2.24) is 4.98 Å². The number of nitrogens with zero attached hydrogens (tertiary/aromatic N) is 1. The lowest BCUT2D eigenvalue weighted by molar-refractivity contribution is -0.158. The Bertz CT molecular complexity index is 357. The van der Waals surface area contributed by atoms with Gasteiger partial charge in [0.2, 0.25) is 0 Å². The maximum Gasteiger partial charge on any atom is 0.349 e. The third-order valence-electron chi connectivity index (χ3n) is 2.02. The quantitative estimate of drug-likeness (QED) is 0.733. The molecule has 0 aliphatic carbocycles. The van der Waals surface area contributed by atoms with Gasteiger partial charge >= 0.3 is 5.97 Å². The lowest BCUT2D eigenvalue weighted by Gasteiger charge is -2.23. The molecular formula is C12H17NO3. The highest BCUT2D eigenvalue weighted by molar-refractivity contribution is 5.79. The second-order valence-electron chi connectivity index (χ2n) is 3.97. The molecule has 0 radical (unpaired) electrons. The monoisotopic (exact) mass is 223 g/mol. The first-order valence-electron chi connectivity index (χ1n) is 5.24. The van der Waals surface area contributed by atoms with Crippen LogP contribution in [0.5, 0.6) is 5.75 Å². The Balaban J connectivity index is 2.72. The van der Waals surface area contributed by atoms with Crippen molar-refractivity contribution in [2.75, 3.05) is 6.61 Å². The first-order chi connectivity index (χ1) is 7.45. The molecule has 0 saturated heterocycles. The molecule has 0 spiro atoms. The Morgan fingerprint density at radius 1 is 1.44 bits per heavy atom. The molecule has 0 amide bonds. The number of aryl methyl sites for hydroxylation is 1. The number of hydrogen-bond donors (Lipinski definition) is 0. The van der Waals surface area contributed by atoms with Crippen molar-refractivity contribution in [2.45, 2.75) is 33.3 Å². The number of aromatic nitrogens is 1. The van der Waals surface area contributed by atoms with E-state index in [4.69, 9.17) is 9.47 Å². The molecule has 1 aromatic heterocycles. The number of carbonyl (C=O) groups is 1. The second kappa shape index (κ2) is 4.96. The first-order valence-corrected chi connectivity index (χ1v) is 5.24. The van der Waals surface area contributed by atoms with Gasteiger partial charge in [-0.05, 0) is 39.8 Å². The van der Waals surface area contributed by atoms with Gasteiger partial charge in [-0.2, -0.15) is 0 Å². The van der Waals surface area contributed by atoms with E-state index in [2.05, 4.69) is 4.98 Å². The average molecular weight is 223 g/mol. The second-order valence-corrected chi connectivity index (χ2v) is 3.97. The van der Waals surface area contributed by atoms with Gasteiger partial charge in [0.15, 0.2) is 5.60 Å². The Morgan fingerprint density at radius 2 is 2.12 bits per heavy atom. The number of rotatable bonds is 4. The highest BCUT2D eigenvalue weighted by Crippen LogP contribution is 2.18. The van der Waals surface area contributed by atoms with Crippen molar-refractivity contribution in [2.24, 2.45) is 0 Å². The van der Waals surface area contributed by atoms with E-state index in [0.29, 0.717) is 12.4 Å². The third-order valence-corrected chi connectivity index (χ3v) is 2.02. The molecule has 0 aromatic carbocycles. The zero-order valence-corrected chi connectivity index (χ0v) is 10.1. The molecular weight excluding hydrogens is 206 g/mol. The predicted octanol–water partition coefficient (Wildman–Crippen LogP) is 2.11. The van der Waals surface area contributed by atoms with Gasteiger partial charge in [-0.25, -0.2) is 4.79 Å². The minimum absolute atomic E-state index is 0.345. The summed E-state index contributed by atoms with van der Waals surface area (Å²) < 4.78 is 10.5. The molecule has 0 unspecified atom stereocenters. The van der Waals surface area contributed by atoms with Crippen molar-refractivity contribution in [3.8, 4) is 5.75 Å². The molecule has 0 aliphatic rings. The maximum atomic E-state index is 11.6. The van der Waals surface area contributed by atoms with Crippen molar-refractivity contribution < 1.29 is 14.3 Å². The lowest BCUT2D eigenvalue weighted by atomic mass is 10.1. The number of carbonyl (C=O) groups excluding carboxylic acids is 1. The summed E-state index contributed by atoms with van der Waals surface area (Å²) in [6, 6.07) is 3.61. The SMILES string of the molecule is CCOC(=O)C(C)(C)Oc1ccc(C)nc1. The topological polar surface area (TPSA) is 48.4 Å². The van der Waals surface area contributed by atoms with Crippen LogP contribution in [-0.4, -0.2) is 23.2 Å². The van der Waals surface area contributed by atoms with Crippen molar-refractivity contribution in [1.29, 1.82) is 0 Å². The maximum absolute atomic E-state index is 11.6. The smallest absolute Gasteiger partial charge is 0.349 e. The van der Waals surface area contributed by atoms with E-state index in [0.717, 1.165) is 5.69 Å². The minimum atomic E-state index is -0.993. The standard InChI is InChI=1S/C12H17NO3/c1-5-15-11(14)12(3,4)16-10-7-6-9(2)13-8-10/h6-8H,5H2,1-4H3. The number of ether oxygens (including phenoxy) is 2. The predicted molar refractivity (Wildman–Crippen MR) is 60.3 cm³/mol. The average Bonchev–Trinajstić information content (AvgIpc) is 2.21. The van der Waals surface area contributed by atoms with Crippen LogP contribution in [0.2, 0.25) is 0 Å². The van der Waals surface area contributed by atoms with Gasteiger partial charge < -0.3 is 9.47 Å². The van der Waals surface area contributed by atoms with Gasteiger partial charge in [-0.15, -0.1) is 0 Å². The summed E-state index contributed by atoms with van der Waals surface area (Å²) in [5.74, 6) is 0.180. The molecule has 16 heavy (non-hydrogen) atoms. The Hall–Kier alpha value is -1.58. The fraction of sp³-hybridized carbons (Fsp3) is 0.500. The molecule has 1 aromatic rings. The van der Waals surface area contributed by atoms with Crippen LogP contribution in [-0.2, 0) is 9.53 Å². The van der Waals surface area contributed by atoms with Crippen LogP contribution in [0.3, 0.4) is 0 Å². The molecule has 0 N–H and O–H groups in total. The van der Waals surface area contributed by atoms with E-state index in [9.17, 15) is 4.79 Å². The highest BCUT2D eigenvalue weighted by atomic mass is 16.6. The largest absolute Gasteiger partial charge is 0.475 e. The summed E-state index contributed by atoms with van der Waals surface area (Å²) in [5, 5.41) is 0. The van der Waals surface area contributed by atoms with Crippen LogP contribution in [0.1, 0.15) is 26.5 Å². The van der Waals surface area contributed by atoms with Gasteiger partial charge in [-0.3, -0.25) is 4.98 Å². The zero-order chi connectivity index (χ0) is 12.2. The van der Waals surface area contributed by atoms with E-state index < -0.39 is 5.60 Å². The molecule has 4 heteroatoms. The molecule has 0 aliphatic heterocycles. The summed E-state index contributed by atoms with van der Waals surface area (Å²) in [7, 11) is 0. The van der Waals surface area contributed by atoms with Crippen LogP contribution < -0.4 is 4.74 Å². The zero-order valence-electron chi connectivity index (χ0n) is 10.1. The summed E-state index contributed by atoms with van der Waals surface area (Å²) >= 11 is 0. The first kappa shape index (κ1) is 12.5. The lowest BCUT2D eigenvalue weighted by Crippen LogP contribution is -2.39. The van der Waals surface area contributed by atoms with E-state index in [-0.39, 0.29) is 5.97 Å². The Kier molecular flexibility index (Phi) is 3.88. The van der Waals surface area contributed by atoms with Gasteiger partial charge in [0.25, 0.3) is 0 Å². The van der Waals surface area contributed by atoms with Gasteiger partial charge in [0.05, 0.1) is 12.8 Å². The number of esters is 1. The fourth-order valence-corrected chi connectivity index (χ4v) is 1.16. The molecule has 4 nitrogen and oxygen atoms in total. The Morgan fingerprint density at radius 3 is 2.62 bits per heavy atom. The van der Waals surface area contributed by atoms with Gasteiger partial charge in [-0.1, -0.05) is 0 Å². The molecule has 0 fully saturated rings. The normalized spacial score (nSPS) is 11.0. The third kappa shape index (κ3) is 3.22. The van der Waals surface area contributed by atoms with E-state index in [1.165, 1.54) is 0 Å². The summed E-state index contributed by atoms with van der Waals surface area (Å²) in [4.78, 5) is 15.7. The molecule has 0 bridgehead atoms. The number of hydrogen-bond acceptors (Lipinski definition) is 4. The van der Waals surface area contributed by atoms with E-state index >= 15 is 0 Å². The minimum Gasteiger partial charge on any atom is -0.475 e. The van der Waals surface area contributed by atoms with Crippen molar-refractivity contribution in [3.05, 3.63) is 24.0 Å². The van der Waals surface area contributed by atoms with Gasteiger partial charge in [0, 0.05) is 5.69 Å². The van der Waals surface area contributed by atoms with Crippen molar-refractivity contribution >= 4 is 5.97 Å². The summed E-state index contributed by atoms with van der Waals surface area (Å²) in [6.45, 7) is 7.34. The van der Waals surface area contributed by atoms with Crippen LogP contribution in [0.4, 0.5) is 0 Å². The summed E-state index contributed by atoms with van der Waals surface area (Å²) in [6.07, 6.45) is 1.59. The molecule has 1 heterocycles. The summed E-state index contributed by atoms with van der Waals surface area (Å²) in [5.41, 5.74) is -0.0891. The highest BCUT2D eigenvalue weighted by Gasteiger charge is 2.31. The van der Waals surface area contributed by atoms with E-state index in [1.54, 1.807) is 33.0 Å². The molecule has 1 rings (SSSR count). The van der Waals surface area contributed by atoms with Crippen LogP contribution in [0.25, 0.3) is 0 Å². The number of pyridine rings is 1. The van der Waals surface area contributed by atoms with Crippen LogP contribution in [0.15, 0.2) is 18.3 Å². The van der Waals surface area contributed by atoms with Crippen LogP contribution in [0, 0.1) is 6.92 Å². The van der Waals surface area contributed by atoms with Crippen LogP contribution >= 0.6 is 0 Å². The molecule has 0 atom stereocenters. The fourth-order valence-electron chi connectivity index (χ4n) is 1.16.